The molecule has 2 atom stereocenters. The average molecular weight is 843 g/mol. The molecule has 4 N–H and O–H groups in total. The Labute approximate surface area is 367 Å². The number of carboxylic acid groups (broad SMARTS) is 1. The summed E-state index contributed by atoms with van der Waals surface area (Å²) in [5, 5.41) is 22.6. The minimum atomic E-state index is -1.39. The molecule has 0 spiro atoms. The molecule has 0 heterocycles. The van der Waals surface area contributed by atoms with E-state index in [2.05, 4.69) is 67.0 Å². The van der Waals surface area contributed by atoms with E-state index in [-0.39, 0.29) is 30.9 Å². The molecule has 9 nitrogen and oxygen atoms in total. The predicted molar refractivity (Wildman–Crippen MR) is 250 cm³/mol. The van der Waals surface area contributed by atoms with Crippen molar-refractivity contribution in [3.8, 4) is 0 Å². The van der Waals surface area contributed by atoms with Gasteiger partial charge in [-0.1, -0.05) is 204 Å². The lowest BCUT2D eigenvalue weighted by molar-refractivity contribution is -0.147. The number of hydrogen-bond donors (Lipinski definition) is 4. The Morgan fingerprint density at radius 1 is 0.517 bits per heavy atom. The highest BCUT2D eigenvalue weighted by Gasteiger charge is 2.18. The summed E-state index contributed by atoms with van der Waals surface area (Å²) in [6, 6.07) is -1.39. The van der Waals surface area contributed by atoms with Crippen LogP contribution in [0.15, 0.2) is 48.6 Å². The monoisotopic (exact) mass is 843 g/mol. The number of amides is 2. The molecule has 2 amide bonds. The van der Waals surface area contributed by atoms with Crippen LogP contribution in [0.1, 0.15) is 226 Å². The van der Waals surface area contributed by atoms with Crippen LogP contribution in [0.5, 0.6) is 0 Å². The van der Waals surface area contributed by atoms with E-state index in [4.69, 9.17) is 14.9 Å². The highest BCUT2D eigenvalue weighted by Crippen LogP contribution is 2.17. The molecular weight excluding hydrogens is 753 g/mol. The molecule has 0 bridgehead atoms. The van der Waals surface area contributed by atoms with Gasteiger partial charge in [0, 0.05) is 12.8 Å². The number of unbranched alkanes of at least 4 members (excludes halogenated alkanes) is 24. The smallest absolute Gasteiger partial charge is 0.328 e. The molecule has 0 aromatic rings. The van der Waals surface area contributed by atoms with Crippen LogP contribution in [0.4, 0.5) is 0 Å². The van der Waals surface area contributed by atoms with E-state index in [9.17, 15) is 19.2 Å². The molecule has 9 heteroatoms. The predicted octanol–water partition coefficient (Wildman–Crippen LogP) is 12.7. The average Bonchev–Trinajstić information content (AvgIpc) is 3.23. The lowest BCUT2D eigenvalue weighted by Gasteiger charge is -2.15. The number of carbonyl (C=O) groups excluding carboxylic acids is 3. The second kappa shape index (κ2) is 45.3. The maximum atomic E-state index is 12.8. The van der Waals surface area contributed by atoms with Gasteiger partial charge in [0.1, 0.15) is 12.1 Å². The summed E-state index contributed by atoms with van der Waals surface area (Å²) in [7, 11) is 0. The lowest BCUT2D eigenvalue weighted by Crippen LogP contribution is -2.47. The van der Waals surface area contributed by atoms with Crippen LogP contribution in [0.2, 0.25) is 0 Å². The van der Waals surface area contributed by atoms with E-state index >= 15 is 0 Å². The summed E-state index contributed by atoms with van der Waals surface area (Å²) in [5.74, 6) is -2.39. The van der Waals surface area contributed by atoms with E-state index in [0.29, 0.717) is 12.8 Å². The first-order valence-electron chi connectivity index (χ1n) is 24.5. The Morgan fingerprint density at radius 2 is 0.933 bits per heavy atom. The van der Waals surface area contributed by atoms with E-state index in [1.54, 1.807) is 0 Å². The van der Waals surface area contributed by atoms with Crippen molar-refractivity contribution in [3.63, 3.8) is 0 Å². The van der Waals surface area contributed by atoms with E-state index in [0.717, 1.165) is 70.6 Å². The van der Waals surface area contributed by atoms with Crippen LogP contribution < -0.4 is 10.6 Å². The summed E-state index contributed by atoms with van der Waals surface area (Å²) in [6.45, 7) is 3.37. The maximum absolute atomic E-state index is 12.8. The van der Waals surface area contributed by atoms with Gasteiger partial charge in [-0.25, -0.2) is 4.79 Å². The van der Waals surface area contributed by atoms with Crippen LogP contribution in [-0.2, 0) is 23.9 Å². The first kappa shape index (κ1) is 56.8. The van der Waals surface area contributed by atoms with Crippen LogP contribution in [0.3, 0.4) is 0 Å². The Bertz CT molecular complexity index is 1150. The summed E-state index contributed by atoms with van der Waals surface area (Å²) in [5.41, 5.74) is 0. The van der Waals surface area contributed by atoms with Gasteiger partial charge >= 0.3 is 11.9 Å². The Balaban J connectivity index is 4.26. The second-order valence-electron chi connectivity index (χ2n) is 16.5. The fraction of sp³-hybridized carbons (Fsp3) is 0.765. The van der Waals surface area contributed by atoms with E-state index in [1.807, 2.05) is 6.08 Å². The number of nitrogens with one attached hydrogen (secondary N) is 2. The third-order valence-electron chi connectivity index (χ3n) is 10.8. The van der Waals surface area contributed by atoms with Crippen molar-refractivity contribution < 1.29 is 34.1 Å². The quantitative estimate of drug-likeness (QED) is 0.0272. The molecule has 0 aromatic heterocycles. The molecule has 0 radical (unpaired) electrons. The van der Waals surface area contributed by atoms with Gasteiger partial charge in [-0.2, -0.15) is 0 Å². The van der Waals surface area contributed by atoms with E-state index < -0.39 is 24.5 Å². The van der Waals surface area contributed by atoms with Gasteiger partial charge in [0.2, 0.25) is 11.8 Å². The van der Waals surface area contributed by atoms with Crippen molar-refractivity contribution in [1.82, 2.24) is 10.6 Å². The number of hydrogen-bond acceptors (Lipinski definition) is 6. The van der Waals surface area contributed by atoms with E-state index in [1.165, 1.54) is 122 Å². The highest BCUT2D eigenvalue weighted by atomic mass is 16.5. The van der Waals surface area contributed by atoms with Gasteiger partial charge in [0.25, 0.3) is 0 Å². The summed E-state index contributed by atoms with van der Waals surface area (Å²) < 4.78 is 5.94. The molecule has 60 heavy (non-hydrogen) atoms. The van der Waals surface area contributed by atoms with Crippen LogP contribution >= 0.6 is 0 Å². The molecule has 0 rings (SSSR count). The highest BCUT2D eigenvalue weighted by molar-refractivity contribution is 5.87. The zero-order valence-corrected chi connectivity index (χ0v) is 38.5. The van der Waals surface area contributed by atoms with Gasteiger partial charge in [-0.05, 0) is 57.4 Å². The SMILES string of the molecule is CC/C=C\C/C=C\C/C=C\C/C=C\C(CCCCCCCC(=O)NCC(=O)NC(CO)C(=O)O)OC(=O)CCCCCCCCCCCCCCCCCCCCCCC. The number of carboxylic acids is 1. The molecule has 0 aliphatic heterocycles. The number of aliphatic hydroxyl groups excluding tert-OH is 1. The summed E-state index contributed by atoms with van der Waals surface area (Å²) in [6.07, 6.45) is 54.6. The van der Waals surface area contributed by atoms with Gasteiger partial charge in [-0.3, -0.25) is 14.4 Å². The third-order valence-corrected chi connectivity index (χ3v) is 10.8. The summed E-state index contributed by atoms with van der Waals surface area (Å²) in [4.78, 5) is 47.6. The molecule has 0 saturated heterocycles. The zero-order chi connectivity index (χ0) is 44.0. The second-order valence-corrected chi connectivity index (χ2v) is 16.5. The Kier molecular flexibility index (Phi) is 42.9. The van der Waals surface area contributed by atoms with Crippen molar-refractivity contribution >= 4 is 23.8 Å². The summed E-state index contributed by atoms with van der Waals surface area (Å²) >= 11 is 0. The largest absolute Gasteiger partial charge is 0.480 e. The van der Waals surface area contributed by atoms with Gasteiger partial charge in [0.15, 0.2) is 0 Å². The lowest BCUT2D eigenvalue weighted by atomic mass is 10.0. The Morgan fingerprint density at radius 3 is 1.38 bits per heavy atom. The number of ether oxygens (including phenoxy) is 1. The molecule has 0 aliphatic rings. The van der Waals surface area contributed by atoms with Crippen molar-refractivity contribution in [3.05, 3.63) is 48.6 Å². The molecule has 346 valence electrons. The van der Waals surface area contributed by atoms with Gasteiger partial charge < -0.3 is 25.6 Å². The number of aliphatic carboxylic acids is 1. The molecular formula is C51H90N2O7. The first-order chi connectivity index (χ1) is 29.3. The number of aliphatic hydroxyl groups is 1. The number of allylic oxidation sites excluding steroid dienone is 7. The molecule has 0 fully saturated rings. The fourth-order valence-corrected chi connectivity index (χ4v) is 7.10. The normalized spacial score (nSPS) is 12.8. The minimum absolute atomic E-state index is 0.116. The fourth-order valence-electron chi connectivity index (χ4n) is 7.10. The van der Waals surface area contributed by atoms with Crippen LogP contribution in [0.25, 0.3) is 0 Å². The van der Waals surface area contributed by atoms with Crippen molar-refractivity contribution in [2.24, 2.45) is 0 Å². The standard InChI is InChI=1S/C51H90N2O7/c1-3-5-7-9-11-13-15-16-17-18-19-20-21-22-23-24-26-28-30-35-39-43-50(57)60-46(40-36-32-29-27-25-14-12-10-8-6-4-2)41-37-33-31-34-38-42-48(55)52-44-49(56)53-47(45-54)51(58)59/h6,8,12,14,27,29,36,40,46-47,54H,3-5,7,9-11,13,15-26,28,30-35,37-39,41-45H2,1-2H3,(H,52,55)(H,53,56)(H,58,59)/b8-6-,14-12-,29-27-,40-36-. The number of esters is 1. The number of carbonyl (C=O) groups is 4. The number of rotatable bonds is 44. The van der Waals surface area contributed by atoms with Crippen LogP contribution in [-0.4, -0.2) is 59.3 Å². The Hall–Kier alpha value is -3.20. The van der Waals surface area contributed by atoms with Gasteiger partial charge in [-0.15, -0.1) is 0 Å². The molecule has 0 aromatic carbocycles. The zero-order valence-electron chi connectivity index (χ0n) is 38.5. The first-order valence-corrected chi connectivity index (χ1v) is 24.5. The van der Waals surface area contributed by atoms with Crippen molar-refractivity contribution in [2.45, 2.75) is 238 Å². The third kappa shape index (κ3) is 41.5. The molecule has 0 aliphatic carbocycles. The topological polar surface area (TPSA) is 142 Å². The van der Waals surface area contributed by atoms with Crippen molar-refractivity contribution in [1.29, 1.82) is 0 Å². The van der Waals surface area contributed by atoms with Crippen LogP contribution in [0, 0.1) is 0 Å². The minimum Gasteiger partial charge on any atom is -0.480 e. The van der Waals surface area contributed by atoms with Gasteiger partial charge in [0.05, 0.1) is 13.2 Å². The molecule has 2 unspecified atom stereocenters. The van der Waals surface area contributed by atoms with Crippen molar-refractivity contribution in [2.75, 3.05) is 13.2 Å². The maximum Gasteiger partial charge on any atom is 0.328 e. The molecule has 0 saturated carbocycles.